The van der Waals surface area contributed by atoms with Gasteiger partial charge in [0.1, 0.15) is 5.75 Å². The van der Waals surface area contributed by atoms with Crippen LogP contribution in [-0.2, 0) is 5.72 Å². The Bertz CT molecular complexity index is 1550. The zero-order valence-corrected chi connectivity index (χ0v) is 18.8. The van der Waals surface area contributed by atoms with E-state index < -0.39 is 22.9 Å². The smallest absolute Gasteiger partial charge is 0.211 e. The van der Waals surface area contributed by atoms with Crippen LogP contribution < -0.4 is 9.64 Å². The van der Waals surface area contributed by atoms with Gasteiger partial charge < -0.3 is 19.8 Å². The summed E-state index contributed by atoms with van der Waals surface area (Å²) in [4.78, 5) is 29.0. The number of carbonyl (C=O) groups is 2. The monoisotopic (exact) mass is 463 g/mol. The minimum atomic E-state index is -2.50. The minimum Gasteiger partial charge on any atom is -0.497 e. The summed E-state index contributed by atoms with van der Waals surface area (Å²) in [6, 6.07) is 26.0. The number of carbonyl (C=O) groups excluding carboxylic acids is 2. The van der Waals surface area contributed by atoms with Crippen LogP contribution in [0.5, 0.6) is 5.75 Å². The molecule has 172 valence electrons. The number of methoxy groups -OCH3 is 1. The van der Waals surface area contributed by atoms with E-state index in [-0.39, 0.29) is 16.7 Å². The van der Waals surface area contributed by atoms with Crippen LogP contribution in [0.25, 0.3) is 10.8 Å². The van der Waals surface area contributed by atoms with Crippen molar-refractivity contribution in [3.05, 3.63) is 119 Å². The summed E-state index contributed by atoms with van der Waals surface area (Å²) < 4.78 is 5.24. The highest BCUT2D eigenvalue weighted by Crippen LogP contribution is 2.56. The van der Waals surface area contributed by atoms with Crippen molar-refractivity contribution < 1.29 is 24.5 Å². The number of Topliss-reactive ketones (excluding diaryl/α,β-unsaturated/α-hetero) is 2. The van der Waals surface area contributed by atoms with Gasteiger partial charge in [0.15, 0.2) is 5.78 Å². The van der Waals surface area contributed by atoms with E-state index in [2.05, 4.69) is 0 Å². The quantitative estimate of drug-likeness (QED) is 0.441. The molecule has 0 amide bonds. The molecule has 2 N–H and O–H groups in total. The van der Waals surface area contributed by atoms with E-state index in [1.54, 1.807) is 67.8 Å². The predicted octanol–water partition coefficient (Wildman–Crippen LogP) is 4.21. The van der Waals surface area contributed by atoms with Gasteiger partial charge in [0.05, 0.1) is 12.7 Å². The van der Waals surface area contributed by atoms with Gasteiger partial charge in [-0.3, -0.25) is 9.59 Å². The van der Waals surface area contributed by atoms with Crippen LogP contribution >= 0.6 is 0 Å². The highest BCUT2D eigenvalue weighted by atomic mass is 16.5. The molecule has 2 aliphatic rings. The topological polar surface area (TPSA) is 87.1 Å². The third kappa shape index (κ3) is 2.66. The fourth-order valence-corrected chi connectivity index (χ4v) is 5.26. The van der Waals surface area contributed by atoms with Crippen LogP contribution in [0.15, 0.2) is 103 Å². The van der Waals surface area contributed by atoms with Gasteiger partial charge in [0.2, 0.25) is 17.1 Å². The minimum absolute atomic E-state index is 0.173. The summed E-state index contributed by atoms with van der Waals surface area (Å²) in [5.41, 5.74) is -3.65. The Balaban J connectivity index is 1.59. The average Bonchev–Trinajstić information content (AvgIpc) is 3.25. The molecule has 0 saturated heterocycles. The number of ketones is 2. The van der Waals surface area contributed by atoms with E-state index in [0.29, 0.717) is 22.4 Å². The van der Waals surface area contributed by atoms with Gasteiger partial charge in [-0.25, -0.2) is 0 Å². The maximum absolute atomic E-state index is 14.0. The molecule has 0 radical (unpaired) electrons. The zero-order chi connectivity index (χ0) is 24.4. The van der Waals surface area contributed by atoms with Crippen LogP contribution in [0, 0.1) is 0 Å². The third-order valence-electron chi connectivity index (χ3n) is 7.01. The van der Waals surface area contributed by atoms with Gasteiger partial charge in [-0.15, -0.1) is 0 Å². The molecule has 0 aromatic heterocycles. The predicted molar refractivity (Wildman–Crippen MR) is 131 cm³/mol. The lowest BCUT2D eigenvalue weighted by molar-refractivity contribution is -0.0877. The van der Waals surface area contributed by atoms with Gasteiger partial charge >= 0.3 is 0 Å². The van der Waals surface area contributed by atoms with Crippen molar-refractivity contribution in [1.29, 1.82) is 0 Å². The molecule has 2 atom stereocenters. The maximum atomic E-state index is 14.0. The van der Waals surface area contributed by atoms with Gasteiger partial charge in [-0.1, -0.05) is 66.7 Å². The Hall–Kier alpha value is -4.26. The van der Waals surface area contributed by atoms with Gasteiger partial charge in [0, 0.05) is 28.6 Å². The number of hydrogen-bond acceptors (Lipinski definition) is 6. The van der Waals surface area contributed by atoms with Gasteiger partial charge in [0.25, 0.3) is 0 Å². The molecule has 35 heavy (non-hydrogen) atoms. The third-order valence-corrected chi connectivity index (χ3v) is 7.01. The number of benzene rings is 4. The summed E-state index contributed by atoms with van der Waals surface area (Å²) in [7, 11) is 1.55. The van der Waals surface area contributed by atoms with Crippen molar-refractivity contribution in [2.75, 3.05) is 12.0 Å². The largest absolute Gasteiger partial charge is 0.497 e. The maximum Gasteiger partial charge on any atom is 0.211 e. The van der Waals surface area contributed by atoms with Crippen molar-refractivity contribution in [2.24, 2.45) is 0 Å². The number of anilines is 1. The highest BCUT2D eigenvalue weighted by molar-refractivity contribution is 6.24. The van der Waals surface area contributed by atoms with Gasteiger partial charge in [-0.2, -0.15) is 0 Å². The summed E-state index contributed by atoms with van der Waals surface area (Å²) in [5.74, 6) is -0.638. The lowest BCUT2D eigenvalue weighted by Crippen LogP contribution is -2.57. The van der Waals surface area contributed by atoms with Crippen molar-refractivity contribution in [2.45, 2.75) is 11.3 Å². The van der Waals surface area contributed by atoms with E-state index in [0.717, 1.165) is 5.39 Å². The van der Waals surface area contributed by atoms with E-state index in [4.69, 9.17) is 4.74 Å². The van der Waals surface area contributed by atoms with Crippen LogP contribution in [0.4, 0.5) is 5.69 Å². The molecule has 1 aliphatic heterocycles. The Morgan fingerprint density at radius 1 is 0.857 bits per heavy atom. The molecular weight excluding hydrogens is 442 g/mol. The second kappa shape index (κ2) is 7.37. The van der Waals surface area contributed by atoms with Crippen LogP contribution in [0.2, 0.25) is 0 Å². The fraction of sp³-hybridized carbons (Fsp3) is 0.103. The first kappa shape index (κ1) is 21.3. The molecular formula is C29H21NO5. The summed E-state index contributed by atoms with van der Waals surface area (Å²) in [6.45, 7) is 0. The molecule has 0 saturated carbocycles. The molecule has 0 fully saturated rings. The number of fused-ring (bicyclic) bond motifs is 4. The van der Waals surface area contributed by atoms with E-state index in [9.17, 15) is 19.8 Å². The van der Waals surface area contributed by atoms with Gasteiger partial charge in [-0.05, 0) is 35.0 Å². The summed E-state index contributed by atoms with van der Waals surface area (Å²) in [5, 5.41) is 25.7. The standard InChI is InChI=1S/C29H21NO5/c1-35-20-15-13-19(14-16-20)30-17-25(26(31)22-11-6-8-18-7-2-3-9-21(18)22)28(33)27(32)23-10-4-5-12-24(23)29(28,30)34/h2-17,33-34H,1H3/t28-,29+/m0/s1. The Kier molecular flexibility index (Phi) is 4.48. The SMILES string of the molecule is COc1ccc(N2C=C(C(=O)c3cccc4ccccc34)[C@]3(O)C(=O)c4ccccc4[C@]23O)cc1. The Morgan fingerprint density at radius 3 is 2.31 bits per heavy atom. The zero-order valence-electron chi connectivity index (χ0n) is 18.8. The highest BCUT2D eigenvalue weighted by Gasteiger charge is 2.71. The lowest BCUT2D eigenvalue weighted by Gasteiger charge is -2.39. The first-order chi connectivity index (χ1) is 16.9. The van der Waals surface area contributed by atoms with Crippen LogP contribution in [0.1, 0.15) is 26.3 Å². The van der Waals surface area contributed by atoms with E-state index >= 15 is 0 Å². The van der Waals surface area contributed by atoms with Crippen molar-refractivity contribution in [3.8, 4) is 5.75 Å². The van der Waals surface area contributed by atoms with Crippen molar-refractivity contribution in [1.82, 2.24) is 0 Å². The molecule has 0 unspecified atom stereocenters. The van der Waals surface area contributed by atoms with Crippen LogP contribution in [-0.4, -0.2) is 34.5 Å². The molecule has 1 aliphatic carbocycles. The Morgan fingerprint density at radius 2 is 1.54 bits per heavy atom. The number of aliphatic hydroxyl groups is 2. The fourth-order valence-electron chi connectivity index (χ4n) is 5.26. The molecule has 0 spiro atoms. The molecule has 4 aromatic carbocycles. The molecule has 6 nitrogen and oxygen atoms in total. The lowest BCUT2D eigenvalue weighted by atomic mass is 9.81. The first-order valence-corrected chi connectivity index (χ1v) is 11.2. The van der Waals surface area contributed by atoms with E-state index in [1.165, 1.54) is 11.1 Å². The van der Waals surface area contributed by atoms with Crippen molar-refractivity contribution >= 4 is 28.0 Å². The first-order valence-electron chi connectivity index (χ1n) is 11.2. The number of ether oxygens (including phenoxy) is 1. The number of rotatable bonds is 4. The number of hydrogen-bond donors (Lipinski definition) is 2. The molecule has 0 bridgehead atoms. The Labute approximate surface area is 201 Å². The average molecular weight is 463 g/mol. The van der Waals surface area contributed by atoms with Crippen LogP contribution in [0.3, 0.4) is 0 Å². The second-order valence-corrected chi connectivity index (χ2v) is 8.72. The normalized spacial score (nSPS) is 22.7. The summed E-state index contributed by atoms with van der Waals surface area (Å²) in [6.07, 6.45) is 1.39. The summed E-state index contributed by atoms with van der Waals surface area (Å²) >= 11 is 0. The molecule has 6 heteroatoms. The second-order valence-electron chi connectivity index (χ2n) is 8.72. The molecule has 1 heterocycles. The number of nitrogens with zero attached hydrogens (tertiary/aromatic N) is 1. The van der Waals surface area contributed by atoms with E-state index in [1.807, 2.05) is 30.3 Å². The molecule has 4 aromatic rings. The van der Waals surface area contributed by atoms with Crippen molar-refractivity contribution in [3.63, 3.8) is 0 Å². The molecule has 6 rings (SSSR count).